The lowest BCUT2D eigenvalue weighted by Gasteiger charge is -2.21. The molecule has 0 aromatic carbocycles. The highest BCUT2D eigenvalue weighted by atomic mass is 16.5. The minimum atomic E-state index is -1.53. The molecule has 6 nitrogen and oxygen atoms in total. The zero-order valence-electron chi connectivity index (χ0n) is 21.4. The number of esters is 1. The quantitative estimate of drug-likeness (QED) is 0.104. The van der Waals surface area contributed by atoms with E-state index in [1.54, 1.807) is 0 Å². The predicted molar refractivity (Wildman–Crippen MR) is 134 cm³/mol. The molecule has 3 atom stereocenters. The van der Waals surface area contributed by atoms with Gasteiger partial charge in [-0.15, -0.1) is 0 Å². The number of rotatable bonds is 25. The number of carbonyl (C=O) groups excluding carboxylic acids is 1. The Labute approximate surface area is 203 Å². The van der Waals surface area contributed by atoms with Crippen molar-refractivity contribution >= 4 is 5.97 Å². The summed E-state index contributed by atoms with van der Waals surface area (Å²) in [6.07, 6.45) is 20.7. The third-order valence-corrected chi connectivity index (χ3v) is 6.38. The number of aliphatic hydroxyl groups is 4. The molecule has 0 aliphatic carbocycles. The molecule has 0 saturated carbocycles. The van der Waals surface area contributed by atoms with Crippen LogP contribution in [0.25, 0.3) is 0 Å². The van der Waals surface area contributed by atoms with E-state index in [9.17, 15) is 20.1 Å². The van der Waals surface area contributed by atoms with E-state index in [1.165, 1.54) is 103 Å². The van der Waals surface area contributed by atoms with Crippen LogP contribution in [0.15, 0.2) is 0 Å². The highest BCUT2D eigenvalue weighted by Crippen LogP contribution is 2.15. The van der Waals surface area contributed by atoms with Crippen molar-refractivity contribution in [2.24, 2.45) is 0 Å². The van der Waals surface area contributed by atoms with Crippen molar-refractivity contribution in [3.05, 3.63) is 0 Å². The minimum absolute atomic E-state index is 0.296. The number of unbranched alkanes of at least 4 members (excludes halogenated alkanes) is 18. The van der Waals surface area contributed by atoms with E-state index in [-0.39, 0.29) is 6.61 Å². The van der Waals surface area contributed by atoms with Crippen LogP contribution in [0.4, 0.5) is 0 Å². The summed E-state index contributed by atoms with van der Waals surface area (Å²) in [6.45, 7) is 1.23. The van der Waals surface area contributed by atoms with Crippen molar-refractivity contribution in [3.8, 4) is 0 Å². The molecule has 0 aliphatic rings. The average molecular weight is 475 g/mol. The first-order valence-corrected chi connectivity index (χ1v) is 13.8. The lowest BCUT2D eigenvalue weighted by Crippen LogP contribution is -2.42. The average Bonchev–Trinajstić information content (AvgIpc) is 2.82. The van der Waals surface area contributed by atoms with Gasteiger partial charge in [0.2, 0.25) is 0 Å². The lowest BCUT2D eigenvalue weighted by atomic mass is 10.0. The van der Waals surface area contributed by atoms with Gasteiger partial charge in [0, 0.05) is 6.42 Å². The van der Waals surface area contributed by atoms with Crippen LogP contribution in [0.3, 0.4) is 0 Å². The molecular formula is C27H54O6. The minimum Gasteiger partial charge on any atom is -0.463 e. The molecule has 4 N–H and O–H groups in total. The fourth-order valence-electron chi connectivity index (χ4n) is 4.06. The molecule has 33 heavy (non-hydrogen) atoms. The Morgan fingerprint density at radius 3 is 1.33 bits per heavy atom. The molecule has 0 aliphatic heterocycles. The molecule has 0 aromatic heterocycles. The van der Waals surface area contributed by atoms with E-state index in [0.29, 0.717) is 6.42 Å². The molecule has 0 rings (SSSR count). The maximum absolute atomic E-state index is 11.7. The first-order chi connectivity index (χ1) is 16.0. The Hall–Kier alpha value is -0.690. The van der Waals surface area contributed by atoms with Gasteiger partial charge in [-0.05, 0) is 6.42 Å². The smallest absolute Gasteiger partial charge is 0.305 e. The summed E-state index contributed by atoms with van der Waals surface area (Å²) in [7, 11) is 0. The summed E-state index contributed by atoms with van der Waals surface area (Å²) in [6, 6.07) is 0. The molecule has 0 amide bonds. The zero-order chi connectivity index (χ0) is 24.6. The standard InChI is InChI=1S/C27H54O6/c1-2-3-4-5-6-7-8-9-10-11-12-13-14-15-16-17-18-19-20-21-26(31)33-23-25(30)27(32)24(29)22-28/h24-25,27-30,32H,2-23H2,1H3/t24-,25-,27-/m0/s1. The second kappa shape index (κ2) is 24.4. The van der Waals surface area contributed by atoms with E-state index >= 15 is 0 Å². The summed E-state index contributed by atoms with van der Waals surface area (Å²) in [4.78, 5) is 11.7. The van der Waals surface area contributed by atoms with E-state index in [4.69, 9.17) is 9.84 Å². The number of hydrogen-bond acceptors (Lipinski definition) is 6. The lowest BCUT2D eigenvalue weighted by molar-refractivity contribution is -0.152. The normalized spacial score (nSPS) is 14.2. The van der Waals surface area contributed by atoms with Gasteiger partial charge in [-0.3, -0.25) is 4.79 Å². The summed E-state index contributed by atoms with van der Waals surface area (Å²) in [5, 5.41) is 37.1. The monoisotopic (exact) mass is 474 g/mol. The van der Waals surface area contributed by atoms with Crippen LogP contribution < -0.4 is 0 Å². The van der Waals surface area contributed by atoms with Crippen molar-refractivity contribution in [2.45, 2.75) is 154 Å². The van der Waals surface area contributed by atoms with E-state index in [0.717, 1.165) is 19.3 Å². The number of hydrogen-bond donors (Lipinski definition) is 4. The Morgan fingerprint density at radius 1 is 0.606 bits per heavy atom. The van der Waals surface area contributed by atoms with Gasteiger partial charge in [0.15, 0.2) is 0 Å². The van der Waals surface area contributed by atoms with Gasteiger partial charge < -0.3 is 25.2 Å². The van der Waals surface area contributed by atoms with E-state index in [2.05, 4.69) is 6.92 Å². The number of carbonyl (C=O) groups is 1. The Bertz CT molecular complexity index is 417. The largest absolute Gasteiger partial charge is 0.463 e. The third kappa shape index (κ3) is 21.6. The van der Waals surface area contributed by atoms with Crippen LogP contribution in [0.2, 0.25) is 0 Å². The van der Waals surface area contributed by atoms with Crippen molar-refractivity contribution < 1.29 is 30.0 Å². The topological polar surface area (TPSA) is 107 Å². The highest BCUT2D eigenvalue weighted by Gasteiger charge is 2.25. The Balaban J connectivity index is 3.28. The van der Waals surface area contributed by atoms with Crippen molar-refractivity contribution in [1.29, 1.82) is 0 Å². The summed E-state index contributed by atoms with van der Waals surface area (Å²) < 4.78 is 4.91. The van der Waals surface area contributed by atoms with E-state index in [1.807, 2.05) is 0 Å². The van der Waals surface area contributed by atoms with Gasteiger partial charge in [0.25, 0.3) is 0 Å². The van der Waals surface area contributed by atoms with Crippen molar-refractivity contribution in [2.75, 3.05) is 13.2 Å². The van der Waals surface area contributed by atoms with Crippen molar-refractivity contribution in [3.63, 3.8) is 0 Å². The van der Waals surface area contributed by atoms with Crippen LogP contribution in [-0.2, 0) is 9.53 Å². The van der Waals surface area contributed by atoms with Gasteiger partial charge in [-0.25, -0.2) is 0 Å². The Morgan fingerprint density at radius 2 is 0.970 bits per heavy atom. The predicted octanol–water partition coefficient (Wildman–Crippen LogP) is 5.43. The molecule has 0 spiro atoms. The van der Waals surface area contributed by atoms with Gasteiger partial charge >= 0.3 is 5.97 Å². The molecule has 0 unspecified atom stereocenters. The first kappa shape index (κ1) is 32.3. The molecule has 0 heterocycles. The van der Waals surface area contributed by atoms with Crippen LogP contribution in [0, 0.1) is 0 Å². The molecule has 0 saturated heterocycles. The maximum atomic E-state index is 11.7. The fraction of sp³-hybridized carbons (Fsp3) is 0.963. The first-order valence-electron chi connectivity index (χ1n) is 13.8. The molecule has 6 heteroatoms. The molecule has 0 radical (unpaired) electrons. The second-order valence-corrected chi connectivity index (χ2v) is 9.60. The highest BCUT2D eigenvalue weighted by molar-refractivity contribution is 5.69. The van der Waals surface area contributed by atoms with Crippen LogP contribution in [0.5, 0.6) is 0 Å². The van der Waals surface area contributed by atoms with Gasteiger partial charge in [-0.2, -0.15) is 0 Å². The number of ether oxygens (including phenoxy) is 1. The molecule has 198 valence electrons. The van der Waals surface area contributed by atoms with Gasteiger partial charge in [-0.1, -0.05) is 122 Å². The fourth-order valence-corrected chi connectivity index (χ4v) is 4.06. The summed E-state index contributed by atoms with van der Waals surface area (Å²) in [5.74, 6) is -0.410. The SMILES string of the molecule is CCCCCCCCCCCCCCCCCCCCCC(=O)OC[C@H](O)[C@@H](O)[C@@H](O)CO. The second-order valence-electron chi connectivity index (χ2n) is 9.60. The third-order valence-electron chi connectivity index (χ3n) is 6.38. The van der Waals surface area contributed by atoms with Crippen LogP contribution >= 0.6 is 0 Å². The molecule has 0 fully saturated rings. The maximum Gasteiger partial charge on any atom is 0.305 e. The van der Waals surface area contributed by atoms with E-state index < -0.39 is 30.9 Å². The Kier molecular flexibility index (Phi) is 23.9. The van der Waals surface area contributed by atoms with Gasteiger partial charge in [0.1, 0.15) is 24.9 Å². The van der Waals surface area contributed by atoms with Crippen LogP contribution in [0.1, 0.15) is 135 Å². The van der Waals surface area contributed by atoms with Gasteiger partial charge in [0.05, 0.1) is 6.61 Å². The van der Waals surface area contributed by atoms with Crippen molar-refractivity contribution in [1.82, 2.24) is 0 Å². The molecule has 0 aromatic rings. The zero-order valence-corrected chi connectivity index (χ0v) is 21.4. The number of aliphatic hydroxyl groups excluding tert-OH is 4. The van der Waals surface area contributed by atoms with Crippen LogP contribution in [-0.4, -0.2) is 57.9 Å². The summed E-state index contributed by atoms with van der Waals surface area (Å²) in [5.41, 5.74) is 0. The summed E-state index contributed by atoms with van der Waals surface area (Å²) >= 11 is 0. The molecule has 0 bridgehead atoms. The molecular weight excluding hydrogens is 420 g/mol.